The molecule has 3 atom stereocenters. The van der Waals surface area contributed by atoms with Gasteiger partial charge < -0.3 is 20.5 Å². The standard InChI is InChI=1S/C26H33N3O4S/c1-17-6-5-8-21(18(17)2)29(13-19-10-11-22-23(12-19)33-16-32-22)14-26(31)28-20-7-3-4-9-24(20)34-15-25(27)30/h3-4,7,9-12,17-18,21H,5-6,8,13-16H2,1-2H3,(H2,27,30)(H,28,31). The number of nitrogens with one attached hydrogen (secondary N) is 1. The summed E-state index contributed by atoms with van der Waals surface area (Å²) in [6.45, 7) is 5.79. The summed E-state index contributed by atoms with van der Waals surface area (Å²) in [6.07, 6.45) is 3.47. The van der Waals surface area contributed by atoms with Crippen molar-refractivity contribution in [3.05, 3.63) is 48.0 Å². The summed E-state index contributed by atoms with van der Waals surface area (Å²) < 4.78 is 11.0. The predicted molar refractivity (Wildman–Crippen MR) is 134 cm³/mol. The number of carbonyl (C=O) groups excluding carboxylic acids is 2. The summed E-state index contributed by atoms with van der Waals surface area (Å²) in [5.41, 5.74) is 7.10. The Morgan fingerprint density at radius 1 is 1.12 bits per heavy atom. The zero-order chi connectivity index (χ0) is 24.1. The topological polar surface area (TPSA) is 93.9 Å². The van der Waals surface area contributed by atoms with Gasteiger partial charge in [0.25, 0.3) is 0 Å². The van der Waals surface area contributed by atoms with Gasteiger partial charge in [0.1, 0.15) is 0 Å². The maximum atomic E-state index is 13.2. The highest BCUT2D eigenvalue weighted by Gasteiger charge is 2.32. The number of hydrogen-bond donors (Lipinski definition) is 2. The van der Waals surface area contributed by atoms with E-state index >= 15 is 0 Å². The van der Waals surface area contributed by atoms with Gasteiger partial charge in [-0.25, -0.2) is 0 Å². The second-order valence-electron chi connectivity index (χ2n) is 9.23. The summed E-state index contributed by atoms with van der Waals surface area (Å²) in [4.78, 5) is 27.6. The van der Waals surface area contributed by atoms with E-state index in [1.165, 1.54) is 24.6 Å². The van der Waals surface area contributed by atoms with Crippen molar-refractivity contribution >= 4 is 29.3 Å². The van der Waals surface area contributed by atoms with E-state index in [2.05, 4.69) is 24.1 Å². The Balaban J connectivity index is 1.50. The minimum atomic E-state index is -0.388. The summed E-state index contributed by atoms with van der Waals surface area (Å²) in [7, 11) is 0. The van der Waals surface area contributed by atoms with E-state index in [1.807, 2.05) is 42.5 Å². The number of para-hydroxylation sites is 1. The number of hydrogen-bond acceptors (Lipinski definition) is 6. The van der Waals surface area contributed by atoms with Crippen LogP contribution in [-0.4, -0.2) is 41.8 Å². The van der Waals surface area contributed by atoms with Crippen LogP contribution >= 0.6 is 11.8 Å². The van der Waals surface area contributed by atoms with Crippen molar-refractivity contribution in [1.82, 2.24) is 4.90 Å². The quantitative estimate of drug-likeness (QED) is 0.518. The lowest BCUT2D eigenvalue weighted by molar-refractivity contribution is -0.118. The second-order valence-corrected chi connectivity index (χ2v) is 10.2. The van der Waals surface area contributed by atoms with Crippen LogP contribution in [0.1, 0.15) is 38.7 Å². The zero-order valence-electron chi connectivity index (χ0n) is 19.8. The molecule has 1 heterocycles. The Morgan fingerprint density at radius 3 is 2.74 bits per heavy atom. The van der Waals surface area contributed by atoms with Crippen molar-refractivity contribution in [2.24, 2.45) is 17.6 Å². The number of fused-ring (bicyclic) bond motifs is 1. The van der Waals surface area contributed by atoms with Crippen LogP contribution in [0.25, 0.3) is 0 Å². The Labute approximate surface area is 205 Å². The Kier molecular flexibility index (Phi) is 8.00. The number of anilines is 1. The van der Waals surface area contributed by atoms with Gasteiger partial charge in [-0.3, -0.25) is 14.5 Å². The van der Waals surface area contributed by atoms with E-state index in [0.717, 1.165) is 28.4 Å². The molecule has 0 spiro atoms. The first kappa shape index (κ1) is 24.4. The number of carbonyl (C=O) groups is 2. The van der Waals surface area contributed by atoms with Crippen LogP contribution < -0.4 is 20.5 Å². The van der Waals surface area contributed by atoms with Crippen LogP contribution in [0, 0.1) is 11.8 Å². The van der Waals surface area contributed by atoms with Crippen LogP contribution in [-0.2, 0) is 16.1 Å². The highest BCUT2D eigenvalue weighted by Crippen LogP contribution is 2.36. The lowest BCUT2D eigenvalue weighted by Crippen LogP contribution is -2.46. The first-order chi connectivity index (χ1) is 16.4. The number of thioether (sulfide) groups is 1. The maximum Gasteiger partial charge on any atom is 0.238 e. The molecule has 0 radical (unpaired) electrons. The Morgan fingerprint density at radius 2 is 1.91 bits per heavy atom. The van der Waals surface area contributed by atoms with E-state index in [-0.39, 0.29) is 30.9 Å². The molecule has 1 saturated carbocycles. The van der Waals surface area contributed by atoms with E-state index in [9.17, 15) is 9.59 Å². The first-order valence-electron chi connectivity index (χ1n) is 11.8. The molecule has 3 unspecified atom stereocenters. The SMILES string of the molecule is CC1CCCC(N(CC(=O)Nc2ccccc2SCC(N)=O)Cc2ccc3c(c2)OCO3)C1C. The molecule has 3 N–H and O–H groups in total. The van der Waals surface area contributed by atoms with Gasteiger partial charge in [-0.1, -0.05) is 44.9 Å². The van der Waals surface area contributed by atoms with Crippen molar-refractivity contribution in [1.29, 1.82) is 0 Å². The van der Waals surface area contributed by atoms with E-state index < -0.39 is 0 Å². The molecule has 7 nitrogen and oxygen atoms in total. The number of rotatable bonds is 9. The van der Waals surface area contributed by atoms with E-state index in [4.69, 9.17) is 15.2 Å². The molecule has 1 aliphatic carbocycles. The molecular weight excluding hydrogens is 450 g/mol. The molecule has 2 aliphatic rings. The first-order valence-corrected chi connectivity index (χ1v) is 12.8. The molecule has 34 heavy (non-hydrogen) atoms. The predicted octanol–water partition coefficient (Wildman–Crippen LogP) is 4.26. The Hall–Kier alpha value is -2.71. The maximum absolute atomic E-state index is 13.2. The highest BCUT2D eigenvalue weighted by atomic mass is 32.2. The van der Waals surface area contributed by atoms with E-state index in [1.54, 1.807) is 0 Å². The van der Waals surface area contributed by atoms with Gasteiger partial charge in [-0.2, -0.15) is 0 Å². The number of nitrogens with zero attached hydrogens (tertiary/aromatic N) is 1. The smallest absolute Gasteiger partial charge is 0.238 e. The lowest BCUT2D eigenvalue weighted by Gasteiger charge is -2.41. The molecule has 1 aliphatic heterocycles. The average Bonchev–Trinajstić information content (AvgIpc) is 3.28. The Bertz CT molecular complexity index is 1030. The monoisotopic (exact) mass is 483 g/mol. The third-order valence-electron chi connectivity index (χ3n) is 6.83. The molecule has 4 rings (SSSR count). The number of nitrogens with two attached hydrogens (primary N) is 1. The lowest BCUT2D eigenvalue weighted by atomic mass is 9.77. The zero-order valence-corrected chi connectivity index (χ0v) is 20.6. The minimum absolute atomic E-state index is 0.0710. The van der Waals surface area contributed by atoms with Crippen molar-refractivity contribution in [2.45, 2.75) is 50.6 Å². The summed E-state index contributed by atoms with van der Waals surface area (Å²) in [6, 6.07) is 13.8. The fourth-order valence-electron chi connectivity index (χ4n) is 4.85. The molecule has 182 valence electrons. The van der Waals surface area contributed by atoms with Gasteiger partial charge in [-0.05, 0) is 48.1 Å². The second kappa shape index (κ2) is 11.1. The van der Waals surface area contributed by atoms with Crippen molar-refractivity contribution in [3.63, 3.8) is 0 Å². The number of benzene rings is 2. The molecule has 2 amide bonds. The van der Waals surface area contributed by atoms with E-state index in [0.29, 0.717) is 30.1 Å². The molecule has 1 fully saturated rings. The number of ether oxygens (including phenoxy) is 2. The van der Waals surface area contributed by atoms with Gasteiger partial charge in [0.2, 0.25) is 18.6 Å². The largest absolute Gasteiger partial charge is 0.454 e. The van der Waals surface area contributed by atoms with Gasteiger partial charge in [-0.15, -0.1) is 11.8 Å². The summed E-state index contributed by atoms with van der Waals surface area (Å²) in [5.74, 6) is 2.34. The van der Waals surface area contributed by atoms with Crippen LogP contribution in [0.15, 0.2) is 47.4 Å². The molecule has 2 aromatic rings. The van der Waals surface area contributed by atoms with Gasteiger partial charge in [0.05, 0.1) is 18.0 Å². The molecule has 0 bridgehead atoms. The number of primary amides is 1. The van der Waals surface area contributed by atoms with Crippen LogP contribution in [0.5, 0.6) is 11.5 Å². The van der Waals surface area contributed by atoms with Crippen molar-refractivity contribution in [2.75, 3.05) is 24.4 Å². The number of amides is 2. The van der Waals surface area contributed by atoms with Crippen LogP contribution in [0.3, 0.4) is 0 Å². The summed E-state index contributed by atoms with van der Waals surface area (Å²) in [5, 5.41) is 3.06. The summed E-state index contributed by atoms with van der Waals surface area (Å²) >= 11 is 1.33. The third-order valence-corrected chi connectivity index (χ3v) is 7.93. The minimum Gasteiger partial charge on any atom is -0.454 e. The molecule has 8 heteroatoms. The molecule has 0 aromatic heterocycles. The highest BCUT2D eigenvalue weighted by molar-refractivity contribution is 8.00. The fourth-order valence-corrected chi connectivity index (χ4v) is 5.60. The van der Waals surface area contributed by atoms with Crippen LogP contribution in [0.2, 0.25) is 0 Å². The van der Waals surface area contributed by atoms with Gasteiger partial charge >= 0.3 is 0 Å². The molecular formula is C26H33N3O4S. The van der Waals surface area contributed by atoms with Crippen molar-refractivity contribution in [3.8, 4) is 11.5 Å². The van der Waals surface area contributed by atoms with Crippen LogP contribution in [0.4, 0.5) is 5.69 Å². The fraction of sp³-hybridized carbons (Fsp3) is 0.462. The van der Waals surface area contributed by atoms with Gasteiger partial charge in [0.15, 0.2) is 11.5 Å². The molecule has 2 aromatic carbocycles. The molecule has 0 saturated heterocycles. The average molecular weight is 484 g/mol. The van der Waals surface area contributed by atoms with Crippen molar-refractivity contribution < 1.29 is 19.1 Å². The van der Waals surface area contributed by atoms with Gasteiger partial charge in [0, 0.05) is 17.5 Å². The third kappa shape index (κ3) is 6.04. The normalized spacial score (nSPS) is 21.4.